The fraction of sp³-hybridized carbons (Fsp3) is 0.348. The highest BCUT2D eigenvalue weighted by molar-refractivity contribution is 5.82. The van der Waals surface area contributed by atoms with Gasteiger partial charge in [0.25, 0.3) is 0 Å². The molecule has 0 unspecified atom stereocenters. The van der Waals surface area contributed by atoms with Crippen molar-refractivity contribution < 1.29 is 19.0 Å². The quantitative estimate of drug-likeness (QED) is 0.600. The number of anilines is 1. The molecule has 7 heteroatoms. The van der Waals surface area contributed by atoms with Crippen LogP contribution in [-0.2, 0) is 0 Å². The van der Waals surface area contributed by atoms with Crippen molar-refractivity contribution in [2.45, 2.75) is 6.10 Å². The molecule has 7 nitrogen and oxygen atoms in total. The number of β-amino-alcohol motifs (C(OH)–C–C–N with tert-alkyl or cyclic N) is 1. The lowest BCUT2D eigenvalue weighted by Gasteiger charge is -2.36. The SMILES string of the molecule is COc1ccc(N2CCN(C[C@@H](O)COc3cc(=O)oc4ccccc34)CC2)cc1. The van der Waals surface area contributed by atoms with E-state index in [9.17, 15) is 9.90 Å². The molecule has 3 aromatic rings. The molecule has 158 valence electrons. The molecule has 1 N–H and O–H groups in total. The molecule has 1 aromatic heterocycles. The minimum Gasteiger partial charge on any atom is -0.497 e. The van der Waals surface area contributed by atoms with Crippen molar-refractivity contribution in [3.05, 3.63) is 65.0 Å². The molecule has 1 atom stereocenters. The summed E-state index contributed by atoms with van der Waals surface area (Å²) >= 11 is 0. The number of hydrogen-bond donors (Lipinski definition) is 1. The van der Waals surface area contributed by atoms with E-state index < -0.39 is 11.7 Å². The maximum Gasteiger partial charge on any atom is 0.339 e. The number of ether oxygens (including phenoxy) is 2. The number of aliphatic hydroxyl groups excluding tert-OH is 1. The van der Waals surface area contributed by atoms with Crippen LogP contribution < -0.4 is 20.0 Å². The first kappa shape index (κ1) is 20.3. The van der Waals surface area contributed by atoms with Gasteiger partial charge in [-0.2, -0.15) is 0 Å². The normalized spacial score (nSPS) is 15.9. The summed E-state index contributed by atoms with van der Waals surface area (Å²) in [6.07, 6.45) is -0.649. The number of methoxy groups -OCH3 is 1. The molecule has 0 aliphatic carbocycles. The van der Waals surface area contributed by atoms with E-state index in [1.165, 1.54) is 11.8 Å². The van der Waals surface area contributed by atoms with Gasteiger partial charge in [-0.25, -0.2) is 4.79 Å². The monoisotopic (exact) mass is 410 g/mol. The van der Waals surface area contributed by atoms with E-state index in [0.717, 1.165) is 37.3 Å². The third kappa shape index (κ3) is 4.75. The summed E-state index contributed by atoms with van der Waals surface area (Å²) in [4.78, 5) is 16.3. The first-order valence-corrected chi connectivity index (χ1v) is 10.1. The van der Waals surface area contributed by atoms with Crippen molar-refractivity contribution in [2.75, 3.05) is 51.3 Å². The summed E-state index contributed by atoms with van der Waals surface area (Å²) in [7, 11) is 1.66. The molecule has 0 amide bonds. The average Bonchev–Trinajstić information content (AvgIpc) is 2.78. The fourth-order valence-corrected chi connectivity index (χ4v) is 3.72. The van der Waals surface area contributed by atoms with Crippen LogP contribution in [0.3, 0.4) is 0 Å². The molecule has 1 aliphatic rings. The van der Waals surface area contributed by atoms with Crippen molar-refractivity contribution in [3.8, 4) is 11.5 Å². The molecular formula is C23H26N2O5. The van der Waals surface area contributed by atoms with Crippen LogP contribution in [0.15, 0.2) is 63.8 Å². The highest BCUT2D eigenvalue weighted by atomic mass is 16.5. The smallest absolute Gasteiger partial charge is 0.339 e. The van der Waals surface area contributed by atoms with E-state index in [2.05, 4.69) is 21.9 Å². The highest BCUT2D eigenvalue weighted by Gasteiger charge is 2.20. The summed E-state index contributed by atoms with van der Waals surface area (Å²) in [6, 6.07) is 16.6. The second-order valence-electron chi connectivity index (χ2n) is 7.38. The van der Waals surface area contributed by atoms with Crippen molar-refractivity contribution in [1.29, 1.82) is 0 Å². The van der Waals surface area contributed by atoms with E-state index in [1.54, 1.807) is 19.2 Å². The standard InChI is InChI=1S/C23H26N2O5/c1-28-19-8-6-17(7-9-19)25-12-10-24(11-13-25)15-18(26)16-29-22-14-23(27)30-21-5-3-2-4-20(21)22/h2-9,14,18,26H,10-13,15-16H2,1H3/t18-/m1/s1. The van der Waals surface area contributed by atoms with Crippen LogP contribution in [0, 0.1) is 0 Å². The summed E-state index contributed by atoms with van der Waals surface area (Å²) in [6.45, 7) is 4.15. The Labute approximate surface area is 175 Å². The molecular weight excluding hydrogens is 384 g/mol. The number of piperazine rings is 1. The van der Waals surface area contributed by atoms with E-state index in [0.29, 0.717) is 17.9 Å². The zero-order valence-electron chi connectivity index (χ0n) is 17.0. The summed E-state index contributed by atoms with van der Waals surface area (Å²) in [5, 5.41) is 11.2. The van der Waals surface area contributed by atoms with Gasteiger partial charge in [0.05, 0.1) is 18.6 Å². The van der Waals surface area contributed by atoms with E-state index >= 15 is 0 Å². The van der Waals surface area contributed by atoms with Crippen LogP contribution in [0.4, 0.5) is 5.69 Å². The van der Waals surface area contributed by atoms with Crippen molar-refractivity contribution >= 4 is 16.7 Å². The second-order valence-corrected chi connectivity index (χ2v) is 7.38. The molecule has 1 saturated heterocycles. The number of fused-ring (bicyclic) bond motifs is 1. The topological polar surface area (TPSA) is 75.4 Å². The van der Waals surface area contributed by atoms with Crippen molar-refractivity contribution in [1.82, 2.24) is 4.90 Å². The highest BCUT2D eigenvalue weighted by Crippen LogP contribution is 2.24. The lowest BCUT2D eigenvalue weighted by molar-refractivity contribution is 0.0667. The zero-order chi connectivity index (χ0) is 20.9. The van der Waals surface area contributed by atoms with Gasteiger partial charge in [-0.05, 0) is 36.4 Å². The first-order chi connectivity index (χ1) is 14.6. The Morgan fingerprint density at radius 2 is 1.80 bits per heavy atom. The summed E-state index contributed by atoms with van der Waals surface area (Å²) in [5.74, 6) is 1.29. The summed E-state index contributed by atoms with van der Waals surface area (Å²) < 4.78 is 16.1. The molecule has 4 rings (SSSR count). The summed E-state index contributed by atoms with van der Waals surface area (Å²) in [5.41, 5.74) is 1.19. The maximum absolute atomic E-state index is 11.7. The fourth-order valence-electron chi connectivity index (χ4n) is 3.72. The predicted molar refractivity (Wildman–Crippen MR) is 116 cm³/mol. The van der Waals surface area contributed by atoms with Crippen LogP contribution in [0.2, 0.25) is 0 Å². The van der Waals surface area contributed by atoms with Gasteiger partial charge in [0.2, 0.25) is 0 Å². The van der Waals surface area contributed by atoms with Gasteiger partial charge < -0.3 is 23.9 Å². The molecule has 2 heterocycles. The predicted octanol–water partition coefficient (Wildman–Crippen LogP) is 2.36. The van der Waals surface area contributed by atoms with Crippen molar-refractivity contribution in [3.63, 3.8) is 0 Å². The van der Waals surface area contributed by atoms with Crippen LogP contribution in [0.5, 0.6) is 11.5 Å². The van der Waals surface area contributed by atoms with Crippen molar-refractivity contribution in [2.24, 2.45) is 0 Å². The Balaban J connectivity index is 1.28. The molecule has 0 spiro atoms. The number of para-hydroxylation sites is 1. The molecule has 1 fully saturated rings. The lowest BCUT2D eigenvalue weighted by atomic mass is 10.2. The van der Waals surface area contributed by atoms with Crippen LogP contribution in [-0.4, -0.2) is 62.6 Å². The Kier molecular flexibility index (Phi) is 6.21. The van der Waals surface area contributed by atoms with E-state index in [4.69, 9.17) is 13.9 Å². The Bertz CT molecular complexity index is 1030. The van der Waals surface area contributed by atoms with Gasteiger partial charge in [0, 0.05) is 38.4 Å². The first-order valence-electron chi connectivity index (χ1n) is 10.1. The molecule has 0 saturated carbocycles. The van der Waals surface area contributed by atoms with E-state index in [1.807, 2.05) is 24.3 Å². The Morgan fingerprint density at radius 1 is 1.07 bits per heavy atom. The minimum atomic E-state index is -0.649. The number of hydrogen-bond acceptors (Lipinski definition) is 7. The number of rotatable bonds is 7. The second kappa shape index (κ2) is 9.19. The minimum absolute atomic E-state index is 0.117. The van der Waals surface area contributed by atoms with Gasteiger partial charge in [-0.15, -0.1) is 0 Å². The zero-order valence-corrected chi connectivity index (χ0v) is 17.0. The Morgan fingerprint density at radius 3 is 2.53 bits per heavy atom. The third-order valence-corrected chi connectivity index (χ3v) is 5.32. The molecule has 0 bridgehead atoms. The van der Waals surface area contributed by atoms with Crippen LogP contribution >= 0.6 is 0 Å². The third-order valence-electron chi connectivity index (χ3n) is 5.32. The Hall–Kier alpha value is -3.03. The largest absolute Gasteiger partial charge is 0.497 e. The molecule has 0 radical (unpaired) electrons. The van der Waals surface area contributed by atoms with Gasteiger partial charge in [-0.3, -0.25) is 4.90 Å². The number of benzene rings is 2. The molecule has 1 aliphatic heterocycles. The van der Waals surface area contributed by atoms with Gasteiger partial charge in [0.15, 0.2) is 0 Å². The number of aliphatic hydroxyl groups is 1. The maximum atomic E-state index is 11.7. The van der Waals surface area contributed by atoms with Gasteiger partial charge in [-0.1, -0.05) is 12.1 Å². The van der Waals surface area contributed by atoms with Crippen LogP contribution in [0.1, 0.15) is 0 Å². The van der Waals surface area contributed by atoms with Gasteiger partial charge >= 0.3 is 5.63 Å². The lowest BCUT2D eigenvalue weighted by Crippen LogP contribution is -2.49. The average molecular weight is 410 g/mol. The number of nitrogens with zero attached hydrogens (tertiary/aromatic N) is 2. The molecule has 2 aromatic carbocycles. The van der Waals surface area contributed by atoms with Gasteiger partial charge in [0.1, 0.15) is 29.8 Å². The van der Waals surface area contributed by atoms with Crippen LogP contribution in [0.25, 0.3) is 11.0 Å². The molecule has 30 heavy (non-hydrogen) atoms. The van der Waals surface area contributed by atoms with E-state index in [-0.39, 0.29) is 6.61 Å².